The molecule has 2 aromatic heterocycles. The lowest BCUT2D eigenvalue weighted by Crippen LogP contribution is -2.40. The maximum absolute atomic E-state index is 12.7. The first-order valence-electron chi connectivity index (χ1n) is 10.8. The molecule has 1 atom stereocenters. The maximum Gasteiger partial charge on any atom is 0.351 e. The molecule has 0 aliphatic rings. The average molecular weight is 460 g/mol. The van der Waals surface area contributed by atoms with Crippen molar-refractivity contribution in [3.05, 3.63) is 92.5 Å². The molecule has 10 heteroatoms. The van der Waals surface area contributed by atoms with Crippen molar-refractivity contribution in [1.82, 2.24) is 29.8 Å². The second kappa shape index (κ2) is 9.65. The molecule has 0 spiro atoms. The fourth-order valence-electron chi connectivity index (χ4n) is 3.37. The van der Waals surface area contributed by atoms with E-state index in [0.717, 1.165) is 27.7 Å². The van der Waals surface area contributed by atoms with Crippen LogP contribution < -0.4 is 16.6 Å². The van der Waals surface area contributed by atoms with Gasteiger partial charge in [-0.2, -0.15) is 14.8 Å². The molecular weight excluding hydrogens is 436 g/mol. The summed E-state index contributed by atoms with van der Waals surface area (Å²) in [5.41, 5.74) is 1.13. The lowest BCUT2D eigenvalue weighted by molar-refractivity contribution is 0.0894. The Morgan fingerprint density at radius 1 is 1.09 bits per heavy atom. The van der Waals surface area contributed by atoms with E-state index in [0.29, 0.717) is 5.69 Å². The van der Waals surface area contributed by atoms with E-state index in [2.05, 4.69) is 20.6 Å². The number of benzene rings is 2. The van der Waals surface area contributed by atoms with Gasteiger partial charge in [0.05, 0.1) is 5.69 Å². The first-order valence-corrected chi connectivity index (χ1v) is 10.8. The number of rotatable bonds is 7. The molecule has 34 heavy (non-hydrogen) atoms. The summed E-state index contributed by atoms with van der Waals surface area (Å²) in [4.78, 5) is 41.9. The predicted molar refractivity (Wildman–Crippen MR) is 125 cm³/mol. The van der Waals surface area contributed by atoms with Crippen LogP contribution in [0, 0.1) is 6.92 Å². The number of hydrogen-bond donors (Lipinski definition) is 1. The fourth-order valence-corrected chi connectivity index (χ4v) is 3.37. The van der Waals surface area contributed by atoms with Gasteiger partial charge in [-0.15, -0.1) is 0 Å². The average Bonchev–Trinajstić information content (AvgIpc) is 3.33. The van der Waals surface area contributed by atoms with Gasteiger partial charge in [0.2, 0.25) is 5.82 Å². The lowest BCUT2D eigenvalue weighted by atomic mass is 10.1. The summed E-state index contributed by atoms with van der Waals surface area (Å²) < 4.78 is 7.07. The summed E-state index contributed by atoms with van der Waals surface area (Å²) in [7, 11) is 1.34. The molecule has 0 aliphatic heterocycles. The summed E-state index contributed by atoms with van der Waals surface area (Å²) in [5, 5.41) is 10.7. The molecule has 1 amide bonds. The monoisotopic (exact) mass is 460 g/mol. The molecule has 1 N–H and O–H groups in total. The van der Waals surface area contributed by atoms with Crippen molar-refractivity contribution in [2.45, 2.75) is 32.7 Å². The van der Waals surface area contributed by atoms with Crippen LogP contribution in [-0.4, -0.2) is 36.4 Å². The molecule has 0 fully saturated rings. The zero-order chi connectivity index (χ0) is 24.2. The van der Waals surface area contributed by atoms with Crippen LogP contribution >= 0.6 is 0 Å². The third-order valence-corrected chi connectivity index (χ3v) is 5.37. The van der Waals surface area contributed by atoms with Gasteiger partial charge in [0.15, 0.2) is 5.69 Å². The quantitative estimate of drug-likeness (QED) is 0.447. The molecule has 2 heterocycles. The van der Waals surface area contributed by atoms with E-state index in [1.165, 1.54) is 12.6 Å². The fraction of sp³-hybridized carbons (Fsp3) is 0.250. The van der Waals surface area contributed by atoms with Crippen molar-refractivity contribution in [3.63, 3.8) is 0 Å². The molecule has 1 unspecified atom stereocenters. The molecule has 4 rings (SSSR count). The van der Waals surface area contributed by atoms with Crippen molar-refractivity contribution < 1.29 is 9.32 Å². The van der Waals surface area contributed by atoms with E-state index in [1.807, 2.05) is 56.3 Å². The van der Waals surface area contributed by atoms with Gasteiger partial charge in [-0.1, -0.05) is 53.2 Å². The number of hydrogen-bond acceptors (Lipinski definition) is 7. The van der Waals surface area contributed by atoms with Crippen molar-refractivity contribution >= 4 is 5.91 Å². The van der Waals surface area contributed by atoms with Gasteiger partial charge < -0.3 is 9.84 Å². The van der Waals surface area contributed by atoms with Gasteiger partial charge in [-0.05, 0) is 44.4 Å². The van der Waals surface area contributed by atoms with Crippen LogP contribution in [0.15, 0.2) is 68.7 Å². The molecule has 174 valence electrons. The van der Waals surface area contributed by atoms with Crippen LogP contribution in [0.25, 0.3) is 17.2 Å². The molecule has 2 aromatic carbocycles. The highest BCUT2D eigenvalue weighted by molar-refractivity contribution is 5.90. The number of nitrogens with zero attached hydrogens (tertiary/aromatic N) is 5. The Morgan fingerprint density at radius 3 is 2.50 bits per heavy atom. The van der Waals surface area contributed by atoms with E-state index in [-0.39, 0.29) is 23.5 Å². The normalized spacial score (nSPS) is 11.9. The van der Waals surface area contributed by atoms with Crippen molar-refractivity contribution in [3.8, 4) is 17.2 Å². The van der Waals surface area contributed by atoms with Crippen LogP contribution in [0.1, 0.15) is 35.2 Å². The van der Waals surface area contributed by atoms with Gasteiger partial charge in [-0.25, -0.2) is 4.79 Å². The molecule has 0 saturated carbocycles. The van der Waals surface area contributed by atoms with Crippen molar-refractivity contribution in [2.75, 3.05) is 0 Å². The zero-order valence-corrected chi connectivity index (χ0v) is 19.1. The van der Waals surface area contributed by atoms with E-state index in [9.17, 15) is 14.4 Å². The van der Waals surface area contributed by atoms with Crippen LogP contribution in [0.2, 0.25) is 0 Å². The Hall–Kier alpha value is -4.34. The number of aromatic nitrogens is 5. The molecule has 10 nitrogen and oxygen atoms in total. The van der Waals surface area contributed by atoms with Crippen molar-refractivity contribution in [1.29, 1.82) is 0 Å². The zero-order valence-electron chi connectivity index (χ0n) is 19.1. The second-order valence-corrected chi connectivity index (χ2v) is 8.06. The van der Waals surface area contributed by atoms with Gasteiger partial charge in [0.25, 0.3) is 5.56 Å². The third kappa shape index (κ3) is 4.85. The van der Waals surface area contributed by atoms with Gasteiger partial charge in [0, 0.05) is 13.1 Å². The second-order valence-electron chi connectivity index (χ2n) is 8.06. The first-order chi connectivity index (χ1) is 16.3. The van der Waals surface area contributed by atoms with Crippen LogP contribution in [0.5, 0.6) is 0 Å². The highest BCUT2D eigenvalue weighted by atomic mass is 16.5. The summed E-state index contributed by atoms with van der Waals surface area (Å²) >= 11 is 0. The van der Waals surface area contributed by atoms with Crippen LogP contribution in [0.3, 0.4) is 0 Å². The standard InChI is InChI=1S/C24H24N6O4/c1-15-9-13-18(14-10-15)30-24(33)29(3)23(32)19(27-30)20-26-22(34-28-20)21(31)25-16(2)11-12-17-7-5-4-6-8-17/h4-10,13-14,16H,11-12H2,1-3H3,(H,25,31). The Labute approximate surface area is 194 Å². The Balaban J connectivity index is 1.54. The molecule has 0 saturated heterocycles. The number of aryl methyl sites for hydroxylation is 2. The Morgan fingerprint density at radius 2 is 1.79 bits per heavy atom. The van der Waals surface area contributed by atoms with Crippen molar-refractivity contribution in [2.24, 2.45) is 7.05 Å². The summed E-state index contributed by atoms with van der Waals surface area (Å²) in [6.07, 6.45) is 1.53. The number of nitrogens with one attached hydrogen (secondary N) is 1. The SMILES string of the molecule is Cc1ccc(-n2nc(-c3noc(C(=O)NC(C)CCc4ccccc4)n3)c(=O)n(C)c2=O)cc1. The molecule has 0 bridgehead atoms. The Bertz CT molecular complexity index is 1420. The summed E-state index contributed by atoms with van der Waals surface area (Å²) in [6.45, 7) is 3.80. The van der Waals surface area contributed by atoms with Gasteiger partial charge in [0.1, 0.15) is 0 Å². The topological polar surface area (TPSA) is 125 Å². The molecular formula is C24H24N6O4. The van der Waals surface area contributed by atoms with Crippen LogP contribution in [0.4, 0.5) is 0 Å². The van der Waals surface area contributed by atoms with E-state index in [1.54, 1.807) is 12.1 Å². The first kappa shape index (κ1) is 22.8. The summed E-state index contributed by atoms with van der Waals surface area (Å²) in [6, 6.07) is 16.9. The largest absolute Gasteiger partial charge is 0.351 e. The van der Waals surface area contributed by atoms with Gasteiger partial charge in [-0.3, -0.25) is 14.2 Å². The molecule has 4 aromatic rings. The number of carbonyl (C=O) groups excluding carboxylic acids is 1. The van der Waals surface area contributed by atoms with E-state index >= 15 is 0 Å². The Kier molecular flexibility index (Phi) is 6.48. The predicted octanol–water partition coefficient (Wildman–Crippen LogP) is 2.04. The molecule has 0 radical (unpaired) electrons. The van der Waals surface area contributed by atoms with Crippen LogP contribution in [-0.2, 0) is 13.5 Å². The number of carbonyl (C=O) groups is 1. The highest BCUT2D eigenvalue weighted by Crippen LogP contribution is 2.11. The highest BCUT2D eigenvalue weighted by Gasteiger charge is 2.22. The minimum absolute atomic E-state index is 0.141. The minimum atomic E-state index is -0.697. The van der Waals surface area contributed by atoms with Gasteiger partial charge >= 0.3 is 17.5 Å². The maximum atomic E-state index is 12.7. The minimum Gasteiger partial charge on any atom is -0.345 e. The smallest absolute Gasteiger partial charge is 0.345 e. The van der Waals surface area contributed by atoms with E-state index < -0.39 is 17.2 Å². The molecule has 0 aliphatic carbocycles. The van der Waals surface area contributed by atoms with E-state index in [4.69, 9.17) is 4.52 Å². The summed E-state index contributed by atoms with van der Waals surface area (Å²) in [5.74, 6) is -1.02. The lowest BCUT2D eigenvalue weighted by Gasteiger charge is -2.12. The third-order valence-electron chi connectivity index (χ3n) is 5.37. The number of amides is 1.